The molecule has 1 unspecified atom stereocenters. The van der Waals surface area contributed by atoms with Crippen molar-refractivity contribution >= 4 is 5.91 Å². The van der Waals surface area contributed by atoms with Crippen LogP contribution in [0.25, 0.3) is 0 Å². The fraction of sp³-hybridized carbons (Fsp3) is 0.222. The molecular weight excluding hydrogens is 214 g/mol. The zero-order valence-electron chi connectivity index (χ0n) is 7.38. The van der Waals surface area contributed by atoms with E-state index in [0.29, 0.717) is 12.1 Å². The van der Waals surface area contributed by atoms with Gasteiger partial charge in [-0.1, -0.05) is 12.1 Å². The smallest absolute Gasteiger partial charge is 0.367 e. The Balaban J connectivity index is 2.95. The summed E-state index contributed by atoms with van der Waals surface area (Å²) in [5.74, 6) is -1.23. The second kappa shape index (κ2) is 3.88. The third-order valence-electron chi connectivity index (χ3n) is 1.78. The van der Waals surface area contributed by atoms with Crippen molar-refractivity contribution in [1.29, 1.82) is 0 Å². The number of primary amides is 1. The van der Waals surface area contributed by atoms with E-state index in [1.165, 1.54) is 0 Å². The van der Waals surface area contributed by atoms with Crippen LogP contribution in [0, 0.1) is 0 Å². The Morgan fingerprint density at radius 3 is 2.00 bits per heavy atom. The number of hydrogen-bond donors (Lipinski definition) is 1. The summed E-state index contributed by atoms with van der Waals surface area (Å²) in [7, 11) is 0. The molecule has 0 spiro atoms. The maximum atomic E-state index is 12.9. The standard InChI is InChI=1S/C9H7F4NO/c10-7(8(14)15)5-1-3-6(4-2-5)9(11,12)13/h1-4,7H,(H2,14,15). The summed E-state index contributed by atoms with van der Waals surface area (Å²) in [5, 5.41) is 0. The van der Waals surface area contributed by atoms with Crippen LogP contribution in [-0.2, 0) is 11.0 Å². The number of alkyl halides is 4. The number of rotatable bonds is 2. The molecule has 0 aromatic heterocycles. The largest absolute Gasteiger partial charge is 0.416 e. The molecule has 0 aliphatic heterocycles. The number of carbonyl (C=O) groups is 1. The van der Waals surface area contributed by atoms with Crippen LogP contribution >= 0.6 is 0 Å². The molecule has 0 aliphatic rings. The van der Waals surface area contributed by atoms with E-state index in [2.05, 4.69) is 5.73 Å². The van der Waals surface area contributed by atoms with E-state index < -0.39 is 23.8 Å². The molecule has 1 atom stereocenters. The molecule has 0 saturated carbocycles. The lowest BCUT2D eigenvalue weighted by molar-refractivity contribution is -0.137. The molecule has 0 fully saturated rings. The second-order valence-electron chi connectivity index (χ2n) is 2.88. The summed E-state index contributed by atoms with van der Waals surface area (Å²) < 4.78 is 49.2. The molecule has 0 heterocycles. The summed E-state index contributed by atoms with van der Waals surface area (Å²) in [6.07, 6.45) is -6.55. The van der Waals surface area contributed by atoms with Crippen molar-refractivity contribution in [2.45, 2.75) is 12.3 Å². The maximum absolute atomic E-state index is 12.9. The van der Waals surface area contributed by atoms with Gasteiger partial charge in [0.15, 0.2) is 0 Å². The fourth-order valence-corrected chi connectivity index (χ4v) is 1.01. The number of hydrogen-bond acceptors (Lipinski definition) is 1. The molecule has 15 heavy (non-hydrogen) atoms. The fourth-order valence-electron chi connectivity index (χ4n) is 1.01. The first-order valence-electron chi connectivity index (χ1n) is 3.93. The van der Waals surface area contributed by atoms with E-state index in [4.69, 9.17) is 0 Å². The summed E-state index contributed by atoms with van der Waals surface area (Å²) in [5.41, 5.74) is 3.57. The highest BCUT2D eigenvalue weighted by Gasteiger charge is 2.30. The third kappa shape index (κ3) is 2.68. The Hall–Kier alpha value is -1.59. The van der Waals surface area contributed by atoms with Gasteiger partial charge in [0, 0.05) is 0 Å². The van der Waals surface area contributed by atoms with Gasteiger partial charge in [-0.05, 0) is 17.7 Å². The summed E-state index contributed by atoms with van der Waals surface area (Å²) in [6, 6.07) is 3.17. The highest BCUT2D eigenvalue weighted by Crippen LogP contribution is 2.30. The van der Waals surface area contributed by atoms with Crippen molar-refractivity contribution in [3.63, 3.8) is 0 Å². The highest BCUT2D eigenvalue weighted by atomic mass is 19.4. The van der Waals surface area contributed by atoms with E-state index in [9.17, 15) is 22.4 Å². The summed E-state index contributed by atoms with van der Waals surface area (Å²) >= 11 is 0. The molecule has 82 valence electrons. The Kier molecular flexibility index (Phi) is 2.97. The van der Waals surface area contributed by atoms with E-state index in [0.717, 1.165) is 12.1 Å². The predicted molar refractivity (Wildman–Crippen MR) is 44.5 cm³/mol. The summed E-state index contributed by atoms with van der Waals surface area (Å²) in [4.78, 5) is 10.4. The molecular formula is C9H7F4NO. The van der Waals surface area contributed by atoms with Crippen molar-refractivity contribution in [3.8, 4) is 0 Å². The molecule has 1 aromatic rings. The monoisotopic (exact) mass is 221 g/mol. The van der Waals surface area contributed by atoms with E-state index in [1.807, 2.05) is 0 Å². The van der Waals surface area contributed by atoms with Crippen LogP contribution in [0.15, 0.2) is 24.3 Å². The number of benzene rings is 1. The molecule has 0 aliphatic carbocycles. The van der Waals surface area contributed by atoms with Gasteiger partial charge in [0.05, 0.1) is 5.56 Å². The van der Waals surface area contributed by atoms with E-state index in [-0.39, 0.29) is 5.56 Å². The highest BCUT2D eigenvalue weighted by molar-refractivity contribution is 5.80. The molecule has 2 N–H and O–H groups in total. The van der Waals surface area contributed by atoms with Crippen LogP contribution in [-0.4, -0.2) is 5.91 Å². The Morgan fingerprint density at radius 1 is 1.20 bits per heavy atom. The van der Waals surface area contributed by atoms with Crippen molar-refractivity contribution in [3.05, 3.63) is 35.4 Å². The lowest BCUT2D eigenvalue weighted by Crippen LogP contribution is -2.17. The average molecular weight is 221 g/mol. The topological polar surface area (TPSA) is 43.1 Å². The predicted octanol–water partition coefficient (Wildman–Crippen LogP) is 2.20. The van der Waals surface area contributed by atoms with Gasteiger partial charge in [-0.2, -0.15) is 13.2 Å². The molecule has 1 aromatic carbocycles. The van der Waals surface area contributed by atoms with Crippen LogP contribution < -0.4 is 5.73 Å². The minimum absolute atomic E-state index is 0.185. The summed E-state index contributed by atoms with van der Waals surface area (Å²) in [6.45, 7) is 0. The molecule has 2 nitrogen and oxygen atoms in total. The van der Waals surface area contributed by atoms with Crippen LogP contribution in [0.4, 0.5) is 17.6 Å². The SMILES string of the molecule is NC(=O)C(F)c1ccc(C(F)(F)F)cc1. The molecule has 6 heteroatoms. The maximum Gasteiger partial charge on any atom is 0.416 e. The van der Waals surface area contributed by atoms with Gasteiger partial charge in [0.2, 0.25) is 6.17 Å². The molecule has 1 rings (SSSR count). The van der Waals surface area contributed by atoms with Gasteiger partial charge in [0.25, 0.3) is 5.91 Å². The molecule has 0 saturated heterocycles. The number of halogens is 4. The molecule has 0 radical (unpaired) electrons. The number of nitrogens with two attached hydrogens (primary N) is 1. The Labute approximate surface area is 82.7 Å². The van der Waals surface area contributed by atoms with Crippen molar-refractivity contribution < 1.29 is 22.4 Å². The average Bonchev–Trinajstić information content (AvgIpc) is 2.15. The minimum Gasteiger partial charge on any atom is -0.367 e. The second-order valence-corrected chi connectivity index (χ2v) is 2.88. The zero-order chi connectivity index (χ0) is 11.6. The van der Waals surface area contributed by atoms with Crippen molar-refractivity contribution in [2.75, 3.05) is 0 Å². The van der Waals surface area contributed by atoms with Gasteiger partial charge in [-0.15, -0.1) is 0 Å². The Morgan fingerprint density at radius 2 is 1.67 bits per heavy atom. The van der Waals surface area contributed by atoms with Gasteiger partial charge in [-0.3, -0.25) is 4.79 Å². The Bertz CT molecular complexity index is 357. The quantitative estimate of drug-likeness (QED) is 0.764. The van der Waals surface area contributed by atoms with Gasteiger partial charge < -0.3 is 5.73 Å². The first kappa shape index (κ1) is 11.5. The van der Waals surface area contributed by atoms with E-state index >= 15 is 0 Å². The lowest BCUT2D eigenvalue weighted by Gasteiger charge is -2.08. The van der Waals surface area contributed by atoms with E-state index in [1.54, 1.807) is 0 Å². The van der Waals surface area contributed by atoms with Crippen LogP contribution in [0.3, 0.4) is 0 Å². The van der Waals surface area contributed by atoms with Crippen LogP contribution in [0.5, 0.6) is 0 Å². The van der Waals surface area contributed by atoms with Gasteiger partial charge >= 0.3 is 6.18 Å². The van der Waals surface area contributed by atoms with Gasteiger partial charge in [0.1, 0.15) is 0 Å². The molecule has 1 amide bonds. The van der Waals surface area contributed by atoms with Crippen LogP contribution in [0.2, 0.25) is 0 Å². The van der Waals surface area contributed by atoms with Crippen molar-refractivity contribution in [2.24, 2.45) is 5.73 Å². The zero-order valence-corrected chi connectivity index (χ0v) is 7.38. The number of carbonyl (C=O) groups excluding carboxylic acids is 1. The first-order chi connectivity index (χ1) is 6.82. The first-order valence-corrected chi connectivity index (χ1v) is 3.93. The third-order valence-corrected chi connectivity index (χ3v) is 1.78. The lowest BCUT2D eigenvalue weighted by atomic mass is 10.1. The molecule has 0 bridgehead atoms. The van der Waals surface area contributed by atoms with Gasteiger partial charge in [-0.25, -0.2) is 4.39 Å². The number of amides is 1. The normalized spacial score (nSPS) is 13.6. The minimum atomic E-state index is -4.48. The van der Waals surface area contributed by atoms with Crippen LogP contribution in [0.1, 0.15) is 17.3 Å². The van der Waals surface area contributed by atoms with Crippen molar-refractivity contribution in [1.82, 2.24) is 0 Å².